The Morgan fingerprint density at radius 3 is 1.38 bits per heavy atom. The van der Waals surface area contributed by atoms with Crippen molar-refractivity contribution in [3.63, 3.8) is 0 Å². The van der Waals surface area contributed by atoms with E-state index in [1.54, 1.807) is 0 Å². The van der Waals surface area contributed by atoms with E-state index in [9.17, 15) is 19.2 Å². The molecule has 39 heavy (non-hydrogen) atoms. The van der Waals surface area contributed by atoms with Crippen molar-refractivity contribution < 1.29 is 33.4 Å². The van der Waals surface area contributed by atoms with Gasteiger partial charge in [0.2, 0.25) is 0 Å². The molecule has 2 aliphatic rings. The molecular weight excluding hydrogens is 500 g/mol. The van der Waals surface area contributed by atoms with Crippen LogP contribution in [0.1, 0.15) is 114 Å². The molecule has 0 radical (unpaired) electrons. The highest BCUT2D eigenvalue weighted by molar-refractivity contribution is 5.94. The zero-order valence-corrected chi connectivity index (χ0v) is 26.0. The maximum Gasteiger partial charge on any atom is 0.317 e. The van der Waals surface area contributed by atoms with E-state index in [1.165, 1.54) is 6.92 Å². The molecule has 0 unspecified atom stereocenters. The summed E-state index contributed by atoms with van der Waals surface area (Å²) >= 11 is 0. The lowest BCUT2D eigenvalue weighted by atomic mass is 9.78. The first-order chi connectivity index (χ1) is 17.8. The van der Waals surface area contributed by atoms with Gasteiger partial charge in [-0.25, -0.2) is 0 Å². The predicted octanol–water partition coefficient (Wildman–Crippen LogP) is 4.44. The molecule has 224 valence electrons. The number of piperidine rings is 2. The van der Waals surface area contributed by atoms with Gasteiger partial charge in [0.1, 0.15) is 37.4 Å². The normalized spacial score (nSPS) is 23.1. The number of esters is 3. The number of nitrogens with zero attached hydrogens (tertiary/aromatic N) is 2. The Hall–Kier alpha value is -2.00. The molecule has 0 N–H and O–H groups in total. The summed E-state index contributed by atoms with van der Waals surface area (Å²) in [6, 6.07) is 0. The Bertz CT molecular complexity index is 873. The zero-order valence-electron chi connectivity index (χ0n) is 26.0. The van der Waals surface area contributed by atoms with E-state index in [4.69, 9.17) is 14.2 Å². The second kappa shape index (κ2) is 12.7. The number of Topliss-reactive ketones (excluding diaryl/α,β-unsaturated/α-hetero) is 1. The van der Waals surface area contributed by atoms with E-state index in [0.29, 0.717) is 19.4 Å². The number of hydrogen-bond donors (Lipinski definition) is 0. The molecule has 0 spiro atoms. The summed E-state index contributed by atoms with van der Waals surface area (Å²) in [5.74, 6) is -1.85. The van der Waals surface area contributed by atoms with E-state index < -0.39 is 24.3 Å². The van der Waals surface area contributed by atoms with Gasteiger partial charge in [-0.05, 0) is 75.3 Å². The fraction of sp³-hybridized carbons (Fsp3) is 0.867. The van der Waals surface area contributed by atoms with Gasteiger partial charge < -0.3 is 14.2 Å². The smallest absolute Gasteiger partial charge is 0.317 e. The fourth-order valence-electron chi connectivity index (χ4n) is 7.13. The lowest BCUT2D eigenvalue weighted by Crippen LogP contribution is -2.63. The number of rotatable bonds is 11. The average molecular weight is 553 g/mol. The quantitative estimate of drug-likeness (QED) is 0.209. The van der Waals surface area contributed by atoms with Gasteiger partial charge in [0.15, 0.2) is 0 Å². The molecule has 0 bridgehead atoms. The second-order valence-corrected chi connectivity index (χ2v) is 13.9. The standard InChI is InChI=1S/C30H52N2O7/c1-11-12-31-27(3,4)17-22(18-28(31,5)6)38-25(35)16-26(36)39-23-19-29(7,8)32(30(9,10)20-23)13-14-37-24(34)15-21(2)33/h22-23H,11-20H2,1-10H3. The van der Waals surface area contributed by atoms with Crippen molar-refractivity contribution in [2.75, 3.05) is 19.7 Å². The van der Waals surface area contributed by atoms with Crippen LogP contribution in [-0.4, -0.2) is 87.6 Å². The summed E-state index contributed by atoms with van der Waals surface area (Å²) in [4.78, 5) is 53.1. The Morgan fingerprint density at radius 2 is 1.03 bits per heavy atom. The van der Waals surface area contributed by atoms with Crippen molar-refractivity contribution >= 4 is 23.7 Å². The minimum atomic E-state index is -0.565. The average Bonchev–Trinajstić information content (AvgIpc) is 2.70. The molecule has 0 atom stereocenters. The molecule has 2 fully saturated rings. The number of ether oxygens (including phenoxy) is 3. The van der Waals surface area contributed by atoms with E-state index in [0.717, 1.165) is 25.8 Å². The third-order valence-corrected chi connectivity index (χ3v) is 8.13. The third kappa shape index (κ3) is 9.27. The maximum absolute atomic E-state index is 12.8. The van der Waals surface area contributed by atoms with E-state index >= 15 is 0 Å². The van der Waals surface area contributed by atoms with Crippen molar-refractivity contribution in [3.05, 3.63) is 0 Å². The molecule has 2 aliphatic heterocycles. The molecule has 0 aliphatic carbocycles. The van der Waals surface area contributed by atoms with Crippen molar-refractivity contribution in [1.29, 1.82) is 0 Å². The molecule has 2 saturated heterocycles. The number of carbonyl (C=O) groups is 4. The Balaban J connectivity index is 1.90. The van der Waals surface area contributed by atoms with Crippen LogP contribution in [0.5, 0.6) is 0 Å². The van der Waals surface area contributed by atoms with Crippen LogP contribution in [0.25, 0.3) is 0 Å². The van der Waals surface area contributed by atoms with Crippen LogP contribution >= 0.6 is 0 Å². The fourth-order valence-corrected chi connectivity index (χ4v) is 7.13. The van der Waals surface area contributed by atoms with Gasteiger partial charge in [-0.1, -0.05) is 6.92 Å². The predicted molar refractivity (Wildman–Crippen MR) is 149 cm³/mol. The Morgan fingerprint density at radius 1 is 0.641 bits per heavy atom. The largest absolute Gasteiger partial charge is 0.464 e. The van der Waals surface area contributed by atoms with Crippen LogP contribution in [0.15, 0.2) is 0 Å². The molecule has 9 nitrogen and oxygen atoms in total. The van der Waals surface area contributed by atoms with Crippen LogP contribution in [0.2, 0.25) is 0 Å². The SMILES string of the molecule is CCCN1C(C)(C)CC(OC(=O)CC(=O)OC2CC(C)(C)N(CCOC(=O)CC(C)=O)C(C)(C)C2)CC1(C)C. The maximum atomic E-state index is 12.8. The first-order valence-corrected chi connectivity index (χ1v) is 14.4. The topological polar surface area (TPSA) is 102 Å². The monoisotopic (exact) mass is 552 g/mol. The highest BCUT2D eigenvalue weighted by Crippen LogP contribution is 2.41. The van der Waals surface area contributed by atoms with Gasteiger partial charge in [0.25, 0.3) is 0 Å². The minimum Gasteiger partial charge on any atom is -0.464 e. The van der Waals surface area contributed by atoms with Crippen LogP contribution < -0.4 is 0 Å². The number of hydrogen-bond acceptors (Lipinski definition) is 9. The molecule has 0 aromatic rings. The summed E-state index contributed by atoms with van der Waals surface area (Å²) < 4.78 is 16.8. The van der Waals surface area contributed by atoms with E-state index in [-0.39, 0.29) is 53.2 Å². The first-order valence-electron chi connectivity index (χ1n) is 14.4. The lowest BCUT2D eigenvalue weighted by Gasteiger charge is -2.55. The van der Waals surface area contributed by atoms with Crippen molar-refractivity contribution in [3.8, 4) is 0 Å². The third-order valence-electron chi connectivity index (χ3n) is 8.13. The highest BCUT2D eigenvalue weighted by Gasteiger charge is 2.47. The van der Waals surface area contributed by atoms with Crippen LogP contribution in [-0.2, 0) is 33.4 Å². The summed E-state index contributed by atoms with van der Waals surface area (Å²) in [6.07, 6.45) is 2.46. The van der Waals surface area contributed by atoms with E-state index in [2.05, 4.69) is 72.1 Å². The number of carbonyl (C=O) groups excluding carboxylic acids is 4. The molecule has 0 aromatic carbocycles. The van der Waals surface area contributed by atoms with Crippen molar-refractivity contribution in [2.45, 2.75) is 149 Å². The van der Waals surface area contributed by atoms with Gasteiger partial charge in [-0.3, -0.25) is 29.0 Å². The summed E-state index contributed by atoms with van der Waals surface area (Å²) in [6.45, 7) is 22.2. The molecular formula is C30H52N2O7. The van der Waals surface area contributed by atoms with E-state index in [1.807, 2.05) is 0 Å². The van der Waals surface area contributed by atoms with Crippen LogP contribution in [0.3, 0.4) is 0 Å². The van der Waals surface area contributed by atoms with Gasteiger partial charge >= 0.3 is 17.9 Å². The van der Waals surface area contributed by atoms with Crippen molar-refractivity contribution in [1.82, 2.24) is 9.80 Å². The summed E-state index contributed by atoms with van der Waals surface area (Å²) in [7, 11) is 0. The molecule has 0 saturated carbocycles. The Labute approximate surface area is 235 Å². The van der Waals surface area contributed by atoms with Crippen LogP contribution in [0, 0.1) is 0 Å². The number of ketones is 1. The zero-order chi connectivity index (χ0) is 29.8. The van der Waals surface area contributed by atoms with Crippen LogP contribution in [0.4, 0.5) is 0 Å². The van der Waals surface area contributed by atoms with Gasteiger partial charge in [-0.15, -0.1) is 0 Å². The summed E-state index contributed by atoms with van der Waals surface area (Å²) in [5, 5.41) is 0. The van der Waals surface area contributed by atoms with Crippen molar-refractivity contribution in [2.24, 2.45) is 0 Å². The molecule has 0 aromatic heterocycles. The van der Waals surface area contributed by atoms with Gasteiger partial charge in [0.05, 0.1) is 0 Å². The Kier molecular flexibility index (Phi) is 10.8. The molecule has 2 heterocycles. The molecule has 9 heteroatoms. The van der Waals surface area contributed by atoms with Gasteiger partial charge in [0, 0.05) is 54.4 Å². The van der Waals surface area contributed by atoms with Gasteiger partial charge in [-0.2, -0.15) is 0 Å². The second-order valence-electron chi connectivity index (χ2n) is 13.9. The first kappa shape index (κ1) is 33.2. The summed E-state index contributed by atoms with van der Waals surface area (Å²) in [5.41, 5.74) is -0.909. The molecule has 0 amide bonds. The minimum absolute atomic E-state index is 0.111. The molecule has 2 rings (SSSR count). The lowest BCUT2D eigenvalue weighted by molar-refractivity contribution is -0.172. The highest BCUT2D eigenvalue weighted by atomic mass is 16.6. The number of likely N-dealkylation sites (tertiary alicyclic amines) is 2.